The van der Waals surface area contributed by atoms with Crippen molar-refractivity contribution in [2.24, 2.45) is 5.14 Å². The van der Waals surface area contributed by atoms with Gasteiger partial charge in [-0.05, 0) is 42.8 Å². The van der Waals surface area contributed by atoms with Crippen molar-refractivity contribution in [2.75, 3.05) is 18.4 Å². The van der Waals surface area contributed by atoms with Crippen molar-refractivity contribution in [3.8, 4) is 0 Å². The summed E-state index contributed by atoms with van der Waals surface area (Å²) in [5.41, 5.74) is 4.41. The molecule has 0 bridgehead atoms. The first kappa shape index (κ1) is 21.4. The molecule has 4 heterocycles. The number of hydrogen-bond donors (Lipinski definition) is 2. The number of pyridine rings is 1. The second kappa shape index (κ2) is 8.18. The Kier molecular flexibility index (Phi) is 5.31. The number of benzene rings is 1. The van der Waals surface area contributed by atoms with Crippen LogP contribution in [0, 0.1) is 6.92 Å². The highest BCUT2D eigenvalue weighted by molar-refractivity contribution is 7.89. The maximum Gasteiger partial charge on any atom is 0.253 e. The summed E-state index contributed by atoms with van der Waals surface area (Å²) >= 11 is 0. The molecular weight excluding hydrogens is 442 g/mol. The maximum absolute atomic E-state index is 12.7. The highest BCUT2D eigenvalue weighted by Crippen LogP contribution is 2.28. The van der Waals surface area contributed by atoms with Gasteiger partial charge in [0, 0.05) is 55.7 Å². The number of sulfonamides is 1. The van der Waals surface area contributed by atoms with E-state index < -0.39 is 10.0 Å². The monoisotopic (exact) mass is 465 g/mol. The van der Waals surface area contributed by atoms with Gasteiger partial charge < -0.3 is 10.2 Å². The molecule has 1 aromatic carbocycles. The highest BCUT2D eigenvalue weighted by Gasteiger charge is 2.38. The van der Waals surface area contributed by atoms with Gasteiger partial charge in [-0.3, -0.25) is 14.7 Å². The van der Waals surface area contributed by atoms with E-state index >= 15 is 0 Å². The number of likely N-dealkylation sites (tertiary alicyclic amines) is 1. The molecule has 33 heavy (non-hydrogen) atoms. The summed E-state index contributed by atoms with van der Waals surface area (Å²) in [6.07, 6.45) is 5.37. The summed E-state index contributed by atoms with van der Waals surface area (Å²) in [7, 11) is -3.78. The van der Waals surface area contributed by atoms with Gasteiger partial charge in [0.2, 0.25) is 16.0 Å². The van der Waals surface area contributed by atoms with Crippen LogP contribution in [0.3, 0.4) is 0 Å². The number of hydrogen-bond acceptors (Lipinski definition) is 8. The zero-order valence-electron chi connectivity index (χ0n) is 18.0. The average Bonchev–Trinajstić information content (AvgIpc) is 3.15. The quantitative estimate of drug-likeness (QED) is 0.578. The van der Waals surface area contributed by atoms with Crippen molar-refractivity contribution in [3.05, 3.63) is 71.3 Å². The van der Waals surface area contributed by atoms with Crippen molar-refractivity contribution < 1.29 is 13.2 Å². The normalized spacial score (nSPS) is 16.4. The standard InChI is InChI=1S/C22H23N7O3S/c1-14-6-17(9-24-7-14)26-22-25-8-16-10-28(13-20(16)27-22)18-11-29(12-18)21(30)15-2-4-19(5-3-15)33(23,31)32/h2-9,18H,10-13H2,1H3,(H2,23,31,32)(H,25,26,27). The number of carbonyl (C=O) groups excluding carboxylic acids is 1. The van der Waals surface area contributed by atoms with Gasteiger partial charge in [0.05, 0.1) is 22.5 Å². The van der Waals surface area contributed by atoms with Gasteiger partial charge in [-0.25, -0.2) is 23.5 Å². The third-order valence-electron chi connectivity index (χ3n) is 5.91. The Hall–Kier alpha value is -3.41. The van der Waals surface area contributed by atoms with E-state index in [1.54, 1.807) is 17.3 Å². The fourth-order valence-corrected chi connectivity index (χ4v) is 4.59. The molecule has 2 aromatic heterocycles. The van der Waals surface area contributed by atoms with Crippen LogP contribution in [0.4, 0.5) is 11.6 Å². The lowest BCUT2D eigenvalue weighted by molar-refractivity contribution is 0.0249. The molecule has 5 rings (SSSR count). The number of aryl methyl sites for hydroxylation is 1. The fraction of sp³-hybridized carbons (Fsp3) is 0.273. The van der Waals surface area contributed by atoms with E-state index in [2.05, 4.69) is 25.2 Å². The number of nitrogens with one attached hydrogen (secondary N) is 1. The predicted molar refractivity (Wildman–Crippen MR) is 121 cm³/mol. The van der Waals surface area contributed by atoms with E-state index in [0.29, 0.717) is 31.1 Å². The third-order valence-corrected chi connectivity index (χ3v) is 6.84. The van der Waals surface area contributed by atoms with E-state index in [9.17, 15) is 13.2 Å². The molecule has 170 valence electrons. The van der Waals surface area contributed by atoms with Crippen molar-refractivity contribution in [1.82, 2.24) is 24.8 Å². The fourth-order valence-electron chi connectivity index (χ4n) is 4.07. The molecule has 1 saturated heterocycles. The highest BCUT2D eigenvalue weighted by atomic mass is 32.2. The Morgan fingerprint density at radius 3 is 2.58 bits per heavy atom. The van der Waals surface area contributed by atoms with Gasteiger partial charge in [-0.15, -0.1) is 0 Å². The van der Waals surface area contributed by atoms with Gasteiger partial charge in [0.15, 0.2) is 0 Å². The van der Waals surface area contributed by atoms with Gasteiger partial charge in [0.1, 0.15) is 0 Å². The summed E-state index contributed by atoms with van der Waals surface area (Å²) in [5, 5.41) is 8.31. The number of amides is 1. The summed E-state index contributed by atoms with van der Waals surface area (Å²) in [6, 6.07) is 7.92. The zero-order chi connectivity index (χ0) is 23.2. The molecule has 3 N–H and O–H groups in total. The summed E-state index contributed by atoms with van der Waals surface area (Å²) in [6.45, 7) is 4.64. The molecule has 3 aromatic rings. The van der Waals surface area contributed by atoms with E-state index in [4.69, 9.17) is 5.14 Å². The zero-order valence-corrected chi connectivity index (χ0v) is 18.8. The molecule has 10 nitrogen and oxygen atoms in total. The number of carbonyl (C=O) groups is 1. The topological polar surface area (TPSA) is 134 Å². The maximum atomic E-state index is 12.7. The summed E-state index contributed by atoms with van der Waals surface area (Å²) in [5.74, 6) is 0.415. The molecule has 2 aliphatic rings. The molecule has 0 saturated carbocycles. The molecule has 2 aliphatic heterocycles. The average molecular weight is 466 g/mol. The van der Waals surface area contributed by atoms with Crippen LogP contribution in [0.25, 0.3) is 0 Å². The first-order chi connectivity index (χ1) is 15.8. The molecule has 0 spiro atoms. The van der Waals surface area contributed by atoms with Crippen LogP contribution in [-0.2, 0) is 23.1 Å². The Morgan fingerprint density at radius 2 is 1.88 bits per heavy atom. The molecule has 0 atom stereocenters. The van der Waals surface area contributed by atoms with E-state index in [1.807, 2.05) is 19.2 Å². The largest absolute Gasteiger partial charge is 0.335 e. The predicted octanol–water partition coefficient (Wildman–Crippen LogP) is 1.41. The number of rotatable bonds is 5. The van der Waals surface area contributed by atoms with Crippen molar-refractivity contribution in [2.45, 2.75) is 31.0 Å². The van der Waals surface area contributed by atoms with Crippen molar-refractivity contribution >= 4 is 27.6 Å². The lowest BCUT2D eigenvalue weighted by atomic mass is 10.1. The Morgan fingerprint density at radius 1 is 1.12 bits per heavy atom. The van der Waals surface area contributed by atoms with E-state index in [0.717, 1.165) is 29.1 Å². The molecule has 1 amide bonds. The van der Waals surface area contributed by atoms with Gasteiger partial charge >= 0.3 is 0 Å². The van der Waals surface area contributed by atoms with Crippen LogP contribution < -0.4 is 10.5 Å². The van der Waals surface area contributed by atoms with Gasteiger partial charge in [0.25, 0.3) is 5.91 Å². The van der Waals surface area contributed by atoms with Crippen molar-refractivity contribution in [3.63, 3.8) is 0 Å². The first-order valence-electron chi connectivity index (χ1n) is 10.5. The van der Waals surface area contributed by atoms with E-state index in [-0.39, 0.29) is 16.8 Å². The van der Waals surface area contributed by atoms with Gasteiger partial charge in [-0.1, -0.05) is 0 Å². The summed E-state index contributed by atoms with van der Waals surface area (Å²) in [4.78, 5) is 30.0. The van der Waals surface area contributed by atoms with Crippen LogP contribution >= 0.6 is 0 Å². The minimum Gasteiger partial charge on any atom is -0.335 e. The molecule has 11 heteroatoms. The minimum absolute atomic E-state index is 0.0102. The lowest BCUT2D eigenvalue weighted by Gasteiger charge is -2.44. The molecule has 0 radical (unpaired) electrons. The number of nitrogens with zero attached hydrogens (tertiary/aromatic N) is 5. The van der Waals surface area contributed by atoms with Crippen LogP contribution in [0.2, 0.25) is 0 Å². The number of nitrogens with two attached hydrogens (primary N) is 1. The van der Waals surface area contributed by atoms with E-state index in [1.165, 1.54) is 24.3 Å². The third kappa shape index (κ3) is 4.42. The first-order valence-corrected chi connectivity index (χ1v) is 12.0. The second-order valence-electron chi connectivity index (χ2n) is 8.38. The SMILES string of the molecule is Cc1cncc(Nc2ncc3c(n2)CN(C2CN(C(=O)c4ccc(S(N)(=O)=O)cc4)C2)C3)c1. The lowest BCUT2D eigenvalue weighted by Crippen LogP contribution is -2.59. The Labute approximate surface area is 191 Å². The summed E-state index contributed by atoms with van der Waals surface area (Å²) < 4.78 is 22.8. The molecule has 0 aliphatic carbocycles. The minimum atomic E-state index is -3.78. The smallest absolute Gasteiger partial charge is 0.253 e. The van der Waals surface area contributed by atoms with Crippen LogP contribution in [-0.4, -0.2) is 58.2 Å². The molecule has 0 unspecified atom stereocenters. The van der Waals surface area contributed by atoms with Crippen molar-refractivity contribution in [1.29, 1.82) is 0 Å². The Balaban J connectivity index is 1.18. The number of anilines is 2. The van der Waals surface area contributed by atoms with Crippen LogP contribution in [0.1, 0.15) is 27.2 Å². The number of fused-ring (bicyclic) bond motifs is 1. The van der Waals surface area contributed by atoms with Crippen LogP contribution in [0.5, 0.6) is 0 Å². The molecular formula is C22H23N7O3S. The Bertz CT molecular complexity index is 1320. The van der Waals surface area contributed by atoms with Gasteiger partial charge in [-0.2, -0.15) is 0 Å². The number of primary sulfonamides is 1. The molecule has 1 fully saturated rings. The van der Waals surface area contributed by atoms with Crippen LogP contribution in [0.15, 0.2) is 53.8 Å². The number of aromatic nitrogens is 3. The second-order valence-corrected chi connectivity index (χ2v) is 9.94.